The van der Waals surface area contributed by atoms with Gasteiger partial charge in [-0.05, 0) is 56.2 Å². The molecule has 9 nitrogen and oxygen atoms in total. The molecule has 10 heteroatoms. The fraction of sp³-hybridized carbons (Fsp3) is 0.360. The molecule has 2 aliphatic heterocycles. The van der Waals surface area contributed by atoms with E-state index in [2.05, 4.69) is 5.32 Å². The van der Waals surface area contributed by atoms with Gasteiger partial charge in [0.25, 0.3) is 5.91 Å². The number of anilines is 1. The van der Waals surface area contributed by atoms with Crippen LogP contribution in [0.15, 0.2) is 53.7 Å². The molecule has 2 aromatic rings. The molecule has 0 aromatic heterocycles. The molecule has 0 bridgehead atoms. The molecular weight excluding hydrogens is 470 g/mol. The van der Waals surface area contributed by atoms with Gasteiger partial charge in [0.15, 0.2) is 0 Å². The monoisotopic (exact) mass is 497 g/mol. The van der Waals surface area contributed by atoms with Crippen LogP contribution in [0.25, 0.3) is 10.8 Å². The minimum absolute atomic E-state index is 0.0317. The van der Waals surface area contributed by atoms with Crippen LogP contribution < -0.4 is 10.2 Å². The maximum Gasteiger partial charge on any atom is 0.415 e. The lowest BCUT2D eigenvalue weighted by Crippen LogP contribution is -2.71. The summed E-state index contributed by atoms with van der Waals surface area (Å²) in [5.74, 6) is -1.75. The lowest BCUT2D eigenvalue weighted by atomic mass is 10.0. The second-order valence-electron chi connectivity index (χ2n) is 9.49. The summed E-state index contributed by atoms with van der Waals surface area (Å²) in [5, 5.41) is 13.5. The van der Waals surface area contributed by atoms with Gasteiger partial charge in [0.2, 0.25) is 5.91 Å². The van der Waals surface area contributed by atoms with Crippen LogP contribution in [-0.2, 0) is 19.1 Å². The van der Waals surface area contributed by atoms with Crippen molar-refractivity contribution in [2.45, 2.75) is 44.7 Å². The second kappa shape index (κ2) is 9.26. The molecule has 2 aliphatic rings. The molecule has 3 amide bonds. The molecular formula is C25H27N3O6S. The number of hydrogen-bond donors (Lipinski definition) is 2. The number of carboxylic acids is 1. The van der Waals surface area contributed by atoms with Crippen molar-refractivity contribution >= 4 is 52.1 Å². The highest BCUT2D eigenvalue weighted by Gasteiger charge is 2.53. The Hall–Kier alpha value is -3.53. The Bertz CT molecular complexity index is 1250. The lowest BCUT2D eigenvalue weighted by molar-refractivity contribution is -0.150. The quantitative estimate of drug-likeness (QED) is 0.609. The van der Waals surface area contributed by atoms with Crippen LogP contribution in [0.4, 0.5) is 10.5 Å². The van der Waals surface area contributed by atoms with E-state index in [-0.39, 0.29) is 12.2 Å². The molecule has 2 N–H and O–H groups in total. The van der Waals surface area contributed by atoms with Crippen LogP contribution in [0, 0.1) is 0 Å². The zero-order valence-electron chi connectivity index (χ0n) is 19.9. The number of amides is 3. The fourth-order valence-electron chi connectivity index (χ4n) is 4.06. The zero-order valence-corrected chi connectivity index (χ0v) is 20.7. The maximum atomic E-state index is 13.0. The molecule has 2 atom stereocenters. The van der Waals surface area contributed by atoms with Gasteiger partial charge < -0.3 is 15.2 Å². The van der Waals surface area contributed by atoms with Gasteiger partial charge in [-0.1, -0.05) is 30.3 Å². The van der Waals surface area contributed by atoms with E-state index in [9.17, 15) is 24.3 Å². The summed E-state index contributed by atoms with van der Waals surface area (Å²) in [6, 6.07) is 12.2. The van der Waals surface area contributed by atoms with Gasteiger partial charge in [-0.2, -0.15) is 0 Å². The first-order valence-corrected chi connectivity index (χ1v) is 12.2. The summed E-state index contributed by atoms with van der Waals surface area (Å²) in [7, 11) is 0. The van der Waals surface area contributed by atoms with E-state index in [0.29, 0.717) is 17.0 Å². The fourth-order valence-corrected chi connectivity index (χ4v) is 5.35. The Morgan fingerprint density at radius 2 is 1.86 bits per heavy atom. The SMILES string of the molecule is CC1=C(C(=O)O)N2C(=O)C(NC(=O)CN(C(=O)OC(C)(C)C)c3ccc4ccccc4c3)[C@@H]2SC1. The molecule has 0 saturated carbocycles. The van der Waals surface area contributed by atoms with Gasteiger partial charge in [-0.3, -0.25) is 19.4 Å². The van der Waals surface area contributed by atoms with Gasteiger partial charge >= 0.3 is 12.1 Å². The van der Waals surface area contributed by atoms with Gasteiger partial charge in [0, 0.05) is 11.4 Å². The van der Waals surface area contributed by atoms with Gasteiger partial charge in [0.1, 0.15) is 29.3 Å². The third-order valence-corrected chi connectivity index (χ3v) is 7.06. The summed E-state index contributed by atoms with van der Waals surface area (Å²) in [5.41, 5.74) is 0.275. The van der Waals surface area contributed by atoms with E-state index in [4.69, 9.17) is 4.74 Å². The molecule has 2 heterocycles. The average Bonchev–Trinajstić information content (AvgIpc) is 2.79. The molecule has 0 spiro atoms. The third-order valence-electron chi connectivity index (χ3n) is 5.64. The Kier molecular flexibility index (Phi) is 6.50. The number of carbonyl (C=O) groups is 4. The van der Waals surface area contributed by atoms with Crippen molar-refractivity contribution in [1.29, 1.82) is 0 Å². The van der Waals surface area contributed by atoms with E-state index < -0.39 is 40.9 Å². The molecule has 184 valence electrons. The molecule has 35 heavy (non-hydrogen) atoms. The number of carbonyl (C=O) groups excluding carboxylic acids is 3. The third kappa shape index (κ3) is 4.97. The van der Waals surface area contributed by atoms with E-state index in [0.717, 1.165) is 10.8 Å². The Labute approximate surface area is 207 Å². The number of nitrogens with one attached hydrogen (secondary N) is 1. The summed E-state index contributed by atoms with van der Waals surface area (Å²) in [6.07, 6.45) is -0.691. The number of carboxylic acid groups (broad SMARTS) is 1. The summed E-state index contributed by atoms with van der Waals surface area (Å²) in [4.78, 5) is 52.8. The van der Waals surface area contributed by atoms with Crippen LogP contribution in [0.1, 0.15) is 27.7 Å². The highest BCUT2D eigenvalue weighted by atomic mass is 32.2. The highest BCUT2D eigenvalue weighted by molar-refractivity contribution is 8.00. The largest absolute Gasteiger partial charge is 0.477 e. The molecule has 2 aromatic carbocycles. The van der Waals surface area contributed by atoms with Crippen LogP contribution in [0.5, 0.6) is 0 Å². The number of β-lactam (4-membered cyclic amide) rings is 1. The number of ether oxygens (including phenoxy) is 1. The highest BCUT2D eigenvalue weighted by Crippen LogP contribution is 2.40. The van der Waals surface area contributed by atoms with Crippen molar-refractivity contribution in [3.8, 4) is 0 Å². The number of hydrogen-bond acceptors (Lipinski definition) is 6. The first kappa shape index (κ1) is 24.6. The number of aliphatic carboxylic acids is 1. The number of fused-ring (bicyclic) bond motifs is 2. The first-order chi connectivity index (χ1) is 16.5. The minimum Gasteiger partial charge on any atom is -0.477 e. The van der Waals surface area contributed by atoms with Crippen molar-refractivity contribution in [1.82, 2.24) is 10.2 Å². The Balaban J connectivity index is 1.53. The van der Waals surface area contributed by atoms with Gasteiger partial charge in [-0.25, -0.2) is 9.59 Å². The molecule has 0 radical (unpaired) electrons. The van der Waals surface area contributed by atoms with Crippen molar-refractivity contribution in [2.75, 3.05) is 17.2 Å². The van der Waals surface area contributed by atoms with Crippen molar-refractivity contribution in [2.24, 2.45) is 0 Å². The summed E-state index contributed by atoms with van der Waals surface area (Å²) >= 11 is 1.39. The van der Waals surface area contributed by atoms with Gasteiger partial charge in [0.05, 0.1) is 0 Å². The molecule has 0 aliphatic carbocycles. The molecule has 1 unspecified atom stereocenters. The van der Waals surface area contributed by atoms with E-state index in [1.165, 1.54) is 21.6 Å². The van der Waals surface area contributed by atoms with Crippen LogP contribution in [0.2, 0.25) is 0 Å². The van der Waals surface area contributed by atoms with Crippen molar-refractivity contribution in [3.05, 3.63) is 53.7 Å². The Morgan fingerprint density at radius 1 is 1.17 bits per heavy atom. The van der Waals surface area contributed by atoms with Crippen LogP contribution in [-0.4, -0.2) is 63.2 Å². The maximum absolute atomic E-state index is 13.0. The van der Waals surface area contributed by atoms with Crippen LogP contribution >= 0.6 is 11.8 Å². The minimum atomic E-state index is -1.17. The van der Waals surface area contributed by atoms with Gasteiger partial charge in [-0.15, -0.1) is 11.8 Å². The smallest absolute Gasteiger partial charge is 0.415 e. The summed E-state index contributed by atoms with van der Waals surface area (Å²) in [6.45, 7) is 6.52. The molecule has 1 saturated heterocycles. The predicted molar refractivity (Wildman–Crippen MR) is 133 cm³/mol. The number of nitrogens with zero attached hydrogens (tertiary/aromatic N) is 2. The number of rotatable bonds is 5. The zero-order chi connectivity index (χ0) is 25.5. The van der Waals surface area contributed by atoms with E-state index in [1.807, 2.05) is 30.3 Å². The molecule has 4 rings (SSSR count). The van der Waals surface area contributed by atoms with Crippen LogP contribution in [0.3, 0.4) is 0 Å². The standard InChI is InChI=1S/C25H27N3O6S/c1-14-13-35-22-19(21(30)28(22)20(14)23(31)32)26-18(29)12-27(24(33)34-25(2,3)4)17-10-9-15-7-5-6-8-16(15)11-17/h5-11,19,22H,12-13H2,1-4H3,(H,26,29)(H,31,32)/t19?,22-/m0/s1. The Morgan fingerprint density at radius 3 is 2.51 bits per heavy atom. The number of thioether (sulfide) groups is 1. The van der Waals surface area contributed by atoms with E-state index in [1.54, 1.807) is 39.8 Å². The second-order valence-corrected chi connectivity index (χ2v) is 10.6. The average molecular weight is 498 g/mol. The van der Waals surface area contributed by atoms with Crippen molar-refractivity contribution < 1.29 is 29.0 Å². The number of benzene rings is 2. The lowest BCUT2D eigenvalue weighted by Gasteiger charge is -2.49. The summed E-state index contributed by atoms with van der Waals surface area (Å²) < 4.78 is 5.53. The first-order valence-electron chi connectivity index (χ1n) is 11.1. The molecule has 1 fully saturated rings. The predicted octanol–water partition coefficient (Wildman–Crippen LogP) is 3.34. The van der Waals surface area contributed by atoms with E-state index >= 15 is 0 Å². The topological polar surface area (TPSA) is 116 Å². The van der Waals surface area contributed by atoms with Crippen molar-refractivity contribution in [3.63, 3.8) is 0 Å². The normalized spacial score (nSPS) is 19.7.